The van der Waals surface area contributed by atoms with Crippen molar-refractivity contribution < 1.29 is 28.3 Å². The Morgan fingerprint density at radius 2 is 1.97 bits per heavy atom. The first kappa shape index (κ1) is 30.9. The van der Waals surface area contributed by atoms with Crippen LogP contribution in [0.2, 0.25) is 0 Å². The molecular weight excluding hydrogens is 531 g/mol. The van der Waals surface area contributed by atoms with Gasteiger partial charge in [0.25, 0.3) is 0 Å². The first-order valence-corrected chi connectivity index (χ1v) is 15.4. The maximum absolute atomic E-state index is 13.8. The van der Waals surface area contributed by atoms with Gasteiger partial charge in [-0.15, -0.1) is 0 Å². The van der Waals surface area contributed by atoms with E-state index in [0.717, 1.165) is 11.8 Å². The zero-order valence-electron chi connectivity index (χ0n) is 23.0. The molecule has 14 heteroatoms. The molecule has 2 aromatic heterocycles. The number of fused-ring (bicyclic) bond motifs is 1. The van der Waals surface area contributed by atoms with E-state index in [1.165, 1.54) is 6.33 Å². The lowest BCUT2D eigenvalue weighted by Crippen LogP contribution is -2.37. The summed E-state index contributed by atoms with van der Waals surface area (Å²) >= 11 is 1.04. The van der Waals surface area contributed by atoms with Crippen LogP contribution < -0.4 is 10.8 Å². The molecule has 1 aliphatic heterocycles. The van der Waals surface area contributed by atoms with Crippen LogP contribution in [-0.4, -0.2) is 67.5 Å². The van der Waals surface area contributed by atoms with Gasteiger partial charge in [0.15, 0.2) is 16.6 Å². The third kappa shape index (κ3) is 7.74. The van der Waals surface area contributed by atoms with Crippen molar-refractivity contribution in [1.29, 1.82) is 0 Å². The van der Waals surface area contributed by atoms with Crippen molar-refractivity contribution in [3.8, 4) is 0 Å². The largest absolute Gasteiger partial charge is 0.405 e. The molecule has 0 spiro atoms. The molecule has 1 saturated heterocycles. The smallest absolute Gasteiger partial charge is 0.395 e. The molecule has 0 aliphatic carbocycles. The van der Waals surface area contributed by atoms with Gasteiger partial charge in [-0.3, -0.25) is 18.4 Å². The van der Waals surface area contributed by atoms with Crippen molar-refractivity contribution in [2.24, 2.45) is 17.3 Å². The van der Waals surface area contributed by atoms with E-state index in [0.29, 0.717) is 29.8 Å². The number of ether oxygens (including phenoxy) is 1. The minimum absolute atomic E-state index is 0.0431. The number of carbonyl (C=O) groups is 1. The van der Waals surface area contributed by atoms with Gasteiger partial charge in [-0.2, -0.15) is 0 Å². The van der Waals surface area contributed by atoms with Gasteiger partial charge in [-0.05, 0) is 38.5 Å². The Labute approximate surface area is 228 Å². The SMILES string of the molecule is CC(C)C(NP(=O)(OCCSC(=O)C(C)(C)CO)OC[C@@H]1CC[C@H](n2cnc3c(N)ncnc32)O1)C(C)C. The van der Waals surface area contributed by atoms with Gasteiger partial charge in [0.1, 0.15) is 18.1 Å². The van der Waals surface area contributed by atoms with Crippen molar-refractivity contribution in [1.82, 2.24) is 24.6 Å². The van der Waals surface area contributed by atoms with E-state index < -0.39 is 13.2 Å². The summed E-state index contributed by atoms with van der Waals surface area (Å²) in [4.78, 5) is 24.9. The van der Waals surface area contributed by atoms with E-state index >= 15 is 0 Å². The summed E-state index contributed by atoms with van der Waals surface area (Å²) in [7, 11) is -3.73. The van der Waals surface area contributed by atoms with Crippen LogP contribution in [0.1, 0.15) is 60.6 Å². The topological polar surface area (TPSA) is 164 Å². The maximum Gasteiger partial charge on any atom is 0.405 e. The summed E-state index contributed by atoms with van der Waals surface area (Å²) in [5.41, 5.74) is 6.16. The number of nitrogen functional groups attached to an aromatic ring is 1. The number of aliphatic hydroxyl groups excluding tert-OH is 1. The monoisotopic (exact) mass is 572 g/mol. The third-order valence-corrected chi connectivity index (χ3v) is 9.29. The average Bonchev–Trinajstić information content (AvgIpc) is 3.51. The number of aromatic nitrogens is 4. The second-order valence-electron chi connectivity index (χ2n) is 10.8. The summed E-state index contributed by atoms with van der Waals surface area (Å²) in [6.07, 6.45) is 3.78. The predicted molar refractivity (Wildman–Crippen MR) is 147 cm³/mol. The molecule has 3 atom stereocenters. The van der Waals surface area contributed by atoms with Gasteiger partial charge in [0, 0.05) is 11.8 Å². The lowest BCUT2D eigenvalue weighted by atomic mass is 9.94. The van der Waals surface area contributed by atoms with Crippen LogP contribution in [0.3, 0.4) is 0 Å². The summed E-state index contributed by atoms with van der Waals surface area (Å²) < 4.78 is 33.5. The van der Waals surface area contributed by atoms with Gasteiger partial charge in [-0.1, -0.05) is 39.5 Å². The van der Waals surface area contributed by atoms with E-state index in [1.54, 1.807) is 20.2 Å². The maximum atomic E-state index is 13.8. The fraction of sp³-hybridized carbons (Fsp3) is 0.750. The Morgan fingerprint density at radius 3 is 2.63 bits per heavy atom. The summed E-state index contributed by atoms with van der Waals surface area (Å²) in [5.74, 6) is 0.965. The highest BCUT2D eigenvalue weighted by molar-refractivity contribution is 8.13. The number of rotatable bonds is 14. The lowest BCUT2D eigenvalue weighted by molar-refractivity contribution is -0.119. The number of nitrogens with zero attached hydrogens (tertiary/aromatic N) is 4. The molecule has 0 aromatic carbocycles. The molecular formula is C24H41N6O6PS. The Hall–Kier alpha value is -1.60. The molecule has 2 aromatic rings. The van der Waals surface area contributed by atoms with E-state index in [9.17, 15) is 14.5 Å². The van der Waals surface area contributed by atoms with Crippen molar-refractivity contribution in [2.45, 2.75) is 72.8 Å². The van der Waals surface area contributed by atoms with Crippen LogP contribution >= 0.6 is 19.5 Å². The fourth-order valence-corrected chi connectivity index (χ4v) is 7.00. The van der Waals surface area contributed by atoms with Crippen molar-refractivity contribution in [3.63, 3.8) is 0 Å². The molecule has 3 heterocycles. The van der Waals surface area contributed by atoms with Crippen molar-refractivity contribution in [3.05, 3.63) is 12.7 Å². The standard InChI is InChI=1S/C24H41N6O6PS/c1-15(2)19(16(3)4)29-37(33,34-9-10-38-23(32)24(5,6)12-31)35-11-17-7-8-18(36-17)30-14-28-20-21(25)26-13-27-22(20)30/h13-19,31H,7-12H2,1-6H3,(H,29,33)(H2,25,26,27)/t17-,18+,37?/m0/s1. The molecule has 1 aliphatic rings. The molecule has 0 radical (unpaired) electrons. The average molecular weight is 573 g/mol. The normalized spacial score (nSPS) is 20.2. The fourth-order valence-electron chi connectivity index (χ4n) is 4.19. The van der Waals surface area contributed by atoms with Crippen LogP contribution in [0.5, 0.6) is 0 Å². The van der Waals surface area contributed by atoms with Crippen LogP contribution in [-0.2, 0) is 23.1 Å². The second kappa shape index (κ2) is 13.2. The van der Waals surface area contributed by atoms with E-state index in [2.05, 4.69) is 20.0 Å². The molecule has 0 bridgehead atoms. The van der Waals surface area contributed by atoms with Gasteiger partial charge in [-0.25, -0.2) is 24.6 Å². The first-order valence-electron chi connectivity index (χ1n) is 12.9. The lowest BCUT2D eigenvalue weighted by Gasteiger charge is -2.30. The molecule has 0 saturated carbocycles. The number of thioether (sulfide) groups is 1. The zero-order valence-corrected chi connectivity index (χ0v) is 24.7. The molecule has 1 unspecified atom stereocenters. The molecule has 38 heavy (non-hydrogen) atoms. The minimum atomic E-state index is -3.73. The highest BCUT2D eigenvalue weighted by Gasteiger charge is 2.35. The van der Waals surface area contributed by atoms with Crippen molar-refractivity contribution >= 4 is 41.6 Å². The number of carbonyl (C=O) groups excluding carboxylic acids is 1. The number of imidazole rings is 1. The van der Waals surface area contributed by atoms with E-state index in [-0.39, 0.29) is 60.9 Å². The number of aliphatic hydroxyl groups is 1. The van der Waals surface area contributed by atoms with Gasteiger partial charge in [0.2, 0.25) is 0 Å². The number of hydrogen-bond acceptors (Lipinski definition) is 11. The van der Waals surface area contributed by atoms with Gasteiger partial charge >= 0.3 is 7.75 Å². The Morgan fingerprint density at radius 1 is 1.26 bits per heavy atom. The molecule has 12 nitrogen and oxygen atoms in total. The summed E-state index contributed by atoms with van der Waals surface area (Å²) in [5, 5.41) is 12.4. The predicted octanol–water partition coefficient (Wildman–Crippen LogP) is 3.78. The Kier molecular flexibility index (Phi) is 10.7. The highest BCUT2D eigenvalue weighted by Crippen LogP contribution is 2.47. The van der Waals surface area contributed by atoms with Gasteiger partial charge < -0.3 is 15.6 Å². The number of hydrogen-bond donors (Lipinski definition) is 3. The number of nitrogens with two attached hydrogens (primary N) is 1. The third-order valence-electron chi connectivity index (χ3n) is 6.48. The molecule has 4 N–H and O–H groups in total. The summed E-state index contributed by atoms with van der Waals surface area (Å²) in [6, 6.07) is -0.108. The molecule has 214 valence electrons. The van der Waals surface area contributed by atoms with Gasteiger partial charge in [0.05, 0.1) is 37.7 Å². The number of anilines is 1. The van der Waals surface area contributed by atoms with Crippen LogP contribution in [0.4, 0.5) is 5.82 Å². The van der Waals surface area contributed by atoms with E-state index in [1.807, 2.05) is 32.3 Å². The Balaban J connectivity index is 1.62. The highest BCUT2D eigenvalue weighted by atomic mass is 32.2. The second-order valence-corrected chi connectivity index (χ2v) is 13.7. The minimum Gasteiger partial charge on any atom is -0.395 e. The summed E-state index contributed by atoms with van der Waals surface area (Å²) in [6.45, 7) is 11.4. The Bertz CT molecular complexity index is 1120. The van der Waals surface area contributed by atoms with Crippen LogP contribution in [0, 0.1) is 17.3 Å². The van der Waals surface area contributed by atoms with Crippen LogP contribution in [0.25, 0.3) is 11.2 Å². The molecule has 1 fully saturated rings. The molecule has 0 amide bonds. The van der Waals surface area contributed by atoms with E-state index in [4.69, 9.17) is 19.5 Å². The van der Waals surface area contributed by atoms with Crippen molar-refractivity contribution in [2.75, 3.05) is 31.3 Å². The zero-order chi connectivity index (χ0) is 28.1. The number of nitrogens with one attached hydrogen (secondary N) is 1. The first-order chi connectivity index (χ1) is 17.9. The molecule has 3 rings (SSSR count). The quantitative estimate of drug-likeness (QED) is 0.222. The van der Waals surface area contributed by atoms with Crippen LogP contribution in [0.15, 0.2) is 12.7 Å².